The van der Waals surface area contributed by atoms with Crippen LogP contribution in [0.2, 0.25) is 0 Å². The van der Waals surface area contributed by atoms with Gasteiger partial charge in [0, 0.05) is 49.7 Å². The molecule has 2 aromatic rings. The zero-order chi connectivity index (χ0) is 22.9. The van der Waals surface area contributed by atoms with Gasteiger partial charge in [-0.15, -0.1) is 0 Å². The summed E-state index contributed by atoms with van der Waals surface area (Å²) in [4.78, 5) is 23.9. The molecule has 4 aliphatic rings. The van der Waals surface area contributed by atoms with E-state index in [1.165, 1.54) is 5.69 Å². The molecule has 6 rings (SSSR count). The van der Waals surface area contributed by atoms with Gasteiger partial charge >= 0.3 is 6.09 Å². The number of hydrogen-bond donors (Lipinski definition) is 2. The fourth-order valence-electron chi connectivity index (χ4n) is 5.74. The van der Waals surface area contributed by atoms with Gasteiger partial charge in [0.25, 0.3) is 0 Å². The highest BCUT2D eigenvalue weighted by molar-refractivity contribution is 5.91. The number of fused-ring (bicyclic) bond motifs is 3. The summed E-state index contributed by atoms with van der Waals surface area (Å²) in [6.45, 7) is 3.04. The van der Waals surface area contributed by atoms with E-state index >= 15 is 0 Å². The summed E-state index contributed by atoms with van der Waals surface area (Å²) in [7, 11) is 0. The van der Waals surface area contributed by atoms with Gasteiger partial charge in [0.2, 0.25) is 0 Å². The van der Waals surface area contributed by atoms with Crippen LogP contribution in [0.5, 0.6) is 0 Å². The van der Waals surface area contributed by atoms with Crippen molar-refractivity contribution in [1.82, 2.24) is 15.3 Å². The Morgan fingerprint density at radius 2 is 1.74 bits per heavy atom. The number of carbonyl (C=O) groups is 1. The van der Waals surface area contributed by atoms with Crippen molar-refractivity contribution in [2.75, 3.05) is 36.5 Å². The van der Waals surface area contributed by atoms with Crippen LogP contribution in [-0.4, -0.2) is 72.8 Å². The van der Waals surface area contributed by atoms with Crippen molar-refractivity contribution < 1.29 is 19.0 Å². The first-order chi connectivity index (χ1) is 16.7. The first kappa shape index (κ1) is 21.9. The number of hydrogen-bond acceptors (Lipinski definition) is 8. The van der Waals surface area contributed by atoms with E-state index in [1.807, 2.05) is 0 Å². The second kappa shape index (κ2) is 9.54. The number of amides is 1. The second-order valence-electron chi connectivity index (χ2n) is 10.0. The van der Waals surface area contributed by atoms with Crippen molar-refractivity contribution in [1.29, 1.82) is 0 Å². The minimum absolute atomic E-state index is 0.110. The molecule has 1 aromatic carbocycles. The lowest BCUT2D eigenvalue weighted by Gasteiger charge is -2.34. The quantitative estimate of drug-likeness (QED) is 0.692. The Morgan fingerprint density at radius 3 is 2.50 bits per heavy atom. The highest BCUT2D eigenvalue weighted by atomic mass is 16.6. The maximum absolute atomic E-state index is 12.2. The first-order valence-electron chi connectivity index (χ1n) is 12.7. The van der Waals surface area contributed by atoms with E-state index in [-0.39, 0.29) is 18.2 Å². The Morgan fingerprint density at radius 1 is 0.971 bits per heavy atom. The Kier molecular flexibility index (Phi) is 6.13. The molecule has 9 heteroatoms. The molecule has 0 spiro atoms. The molecule has 2 N–H and O–H groups in total. The van der Waals surface area contributed by atoms with Crippen LogP contribution in [0, 0.1) is 0 Å². The van der Waals surface area contributed by atoms with Crippen molar-refractivity contribution in [2.24, 2.45) is 0 Å². The van der Waals surface area contributed by atoms with Gasteiger partial charge in [-0.25, -0.2) is 4.79 Å². The Hall–Kier alpha value is -2.65. The monoisotopic (exact) mass is 467 g/mol. The normalized spacial score (nSPS) is 30.9. The number of anilines is 2. The lowest BCUT2D eigenvalue weighted by atomic mass is 9.91. The number of carbonyl (C=O) groups excluding carboxylic acids is 1. The molecule has 3 saturated heterocycles. The molecular formula is C25H33N5O4. The zero-order valence-electron chi connectivity index (χ0n) is 19.4. The van der Waals surface area contributed by atoms with Gasteiger partial charge in [-0.1, -0.05) is 0 Å². The molecule has 182 valence electrons. The molecule has 1 amide bonds. The minimum atomic E-state index is -0.319. The van der Waals surface area contributed by atoms with E-state index in [9.17, 15) is 4.79 Å². The van der Waals surface area contributed by atoms with Crippen molar-refractivity contribution in [2.45, 2.75) is 75.3 Å². The van der Waals surface area contributed by atoms with E-state index in [0.717, 1.165) is 74.8 Å². The highest BCUT2D eigenvalue weighted by Crippen LogP contribution is 2.34. The average Bonchev–Trinajstić information content (AvgIpc) is 3.48. The predicted molar refractivity (Wildman–Crippen MR) is 128 cm³/mol. The number of nitrogens with zero attached hydrogens (tertiary/aromatic N) is 3. The van der Waals surface area contributed by atoms with Gasteiger partial charge in [-0.3, -0.25) is 9.97 Å². The summed E-state index contributed by atoms with van der Waals surface area (Å²) < 4.78 is 16.8. The zero-order valence-corrected chi connectivity index (χ0v) is 19.4. The van der Waals surface area contributed by atoms with Crippen LogP contribution in [0.25, 0.3) is 11.0 Å². The fraction of sp³-hybridized carbons (Fsp3) is 0.640. The number of benzene rings is 1. The van der Waals surface area contributed by atoms with Crippen LogP contribution >= 0.6 is 0 Å². The van der Waals surface area contributed by atoms with Gasteiger partial charge in [-0.05, 0) is 50.7 Å². The summed E-state index contributed by atoms with van der Waals surface area (Å²) in [6, 6.07) is 4.87. The van der Waals surface area contributed by atoms with Gasteiger partial charge in [-0.2, -0.15) is 0 Å². The number of alkyl carbamates (subject to hydrolysis) is 1. The maximum Gasteiger partial charge on any atom is 0.407 e. The summed E-state index contributed by atoms with van der Waals surface area (Å²) in [6.07, 6.45) is 10.6. The lowest BCUT2D eigenvalue weighted by molar-refractivity contribution is 0.0305. The van der Waals surface area contributed by atoms with Crippen molar-refractivity contribution >= 4 is 28.5 Å². The number of ether oxygens (including phenoxy) is 3. The third kappa shape index (κ3) is 4.77. The molecule has 1 aliphatic carbocycles. The largest absolute Gasteiger partial charge is 0.444 e. The predicted octanol–water partition coefficient (Wildman–Crippen LogP) is 3.24. The highest BCUT2D eigenvalue weighted by Gasteiger charge is 2.34. The van der Waals surface area contributed by atoms with Crippen LogP contribution in [0.1, 0.15) is 44.9 Å². The van der Waals surface area contributed by atoms with E-state index < -0.39 is 0 Å². The van der Waals surface area contributed by atoms with Gasteiger partial charge in [0.1, 0.15) is 11.6 Å². The van der Waals surface area contributed by atoms with Gasteiger partial charge in [0.05, 0.1) is 36.6 Å². The number of aromatic nitrogens is 2. The van der Waals surface area contributed by atoms with Crippen LogP contribution in [0.4, 0.5) is 16.2 Å². The summed E-state index contributed by atoms with van der Waals surface area (Å²) >= 11 is 0. The molecule has 4 heterocycles. The summed E-state index contributed by atoms with van der Waals surface area (Å²) in [5, 5.41) is 6.79. The molecule has 9 nitrogen and oxygen atoms in total. The Bertz CT molecular complexity index is 1010. The molecule has 2 bridgehead atoms. The smallest absolute Gasteiger partial charge is 0.407 e. The van der Waals surface area contributed by atoms with E-state index in [2.05, 4.69) is 37.6 Å². The molecule has 1 aromatic heterocycles. The van der Waals surface area contributed by atoms with Crippen LogP contribution in [0.3, 0.4) is 0 Å². The summed E-state index contributed by atoms with van der Waals surface area (Å²) in [5.74, 6) is 0. The number of morpholine rings is 1. The van der Waals surface area contributed by atoms with Crippen molar-refractivity contribution in [3.8, 4) is 0 Å². The van der Waals surface area contributed by atoms with Gasteiger partial charge in [0.15, 0.2) is 0 Å². The minimum Gasteiger partial charge on any atom is -0.444 e. The maximum atomic E-state index is 12.2. The Balaban J connectivity index is 1.10. The van der Waals surface area contributed by atoms with Crippen LogP contribution < -0.4 is 15.5 Å². The van der Waals surface area contributed by atoms with E-state index in [4.69, 9.17) is 14.2 Å². The first-order valence-corrected chi connectivity index (χ1v) is 12.7. The van der Waals surface area contributed by atoms with Crippen molar-refractivity contribution in [3.63, 3.8) is 0 Å². The van der Waals surface area contributed by atoms with Gasteiger partial charge < -0.3 is 29.7 Å². The summed E-state index contributed by atoms with van der Waals surface area (Å²) in [5.41, 5.74) is 4.04. The average molecular weight is 468 g/mol. The van der Waals surface area contributed by atoms with Crippen molar-refractivity contribution in [3.05, 3.63) is 24.5 Å². The molecule has 0 radical (unpaired) electrons. The molecule has 3 unspecified atom stereocenters. The number of nitrogens with one attached hydrogen (secondary N) is 2. The Labute approximate surface area is 199 Å². The number of rotatable bonds is 5. The molecule has 4 fully saturated rings. The van der Waals surface area contributed by atoms with Crippen LogP contribution in [-0.2, 0) is 14.2 Å². The molecule has 3 aliphatic heterocycles. The molecule has 1 saturated carbocycles. The topological polar surface area (TPSA) is 97.8 Å². The standard InChI is InChI=1S/C25H33N5O4/c31-25(34-21-7-10-32-15-21)29-17-3-1-16(2-4-17)28-23-12-18(11-22-24(23)27-9-8-26-22)30-13-19-5-6-20(14-30)33-19/h8-9,11-12,16-17,19-21,28H,1-7,10,13-15H2,(H,29,31). The van der Waals surface area contributed by atoms with E-state index in [1.54, 1.807) is 12.4 Å². The fourth-order valence-corrected chi connectivity index (χ4v) is 5.74. The molecule has 34 heavy (non-hydrogen) atoms. The third-order valence-corrected chi connectivity index (χ3v) is 7.54. The lowest BCUT2D eigenvalue weighted by Crippen LogP contribution is -2.42. The second-order valence-corrected chi connectivity index (χ2v) is 10.0. The van der Waals surface area contributed by atoms with Crippen LogP contribution in [0.15, 0.2) is 24.5 Å². The third-order valence-electron chi connectivity index (χ3n) is 7.54. The van der Waals surface area contributed by atoms with E-state index in [0.29, 0.717) is 31.5 Å². The molecular weight excluding hydrogens is 434 g/mol. The SMILES string of the molecule is O=C(NC1CCC(Nc2cc(N3CC4CCC(C3)O4)cc3nccnc23)CC1)OC1CCOC1. The molecule has 3 atom stereocenters.